The number of nitrogens with zero attached hydrogens (tertiary/aromatic N) is 1. The van der Waals surface area contributed by atoms with Gasteiger partial charge in [0.2, 0.25) is 5.91 Å². The number of aromatic hydroxyl groups is 1. The van der Waals surface area contributed by atoms with Crippen LogP contribution in [0.15, 0.2) is 48.5 Å². The minimum Gasteiger partial charge on any atom is -0.508 e. The van der Waals surface area contributed by atoms with Gasteiger partial charge in [0.15, 0.2) is 5.78 Å². The summed E-state index contributed by atoms with van der Waals surface area (Å²) in [6, 6.07) is 14.0. The molecule has 21 heavy (non-hydrogen) atoms. The van der Waals surface area contributed by atoms with Crippen molar-refractivity contribution in [2.45, 2.75) is 12.8 Å². The van der Waals surface area contributed by atoms with Crippen LogP contribution < -0.4 is 4.90 Å². The lowest BCUT2D eigenvalue weighted by Gasteiger charge is -2.28. The predicted octanol–water partition coefficient (Wildman–Crippen LogP) is 2.55. The lowest BCUT2D eigenvalue weighted by molar-refractivity contribution is -0.118. The molecule has 0 aromatic heterocycles. The normalized spacial score (nSPS) is 13.9. The van der Waals surface area contributed by atoms with Gasteiger partial charge >= 0.3 is 0 Å². The summed E-state index contributed by atoms with van der Waals surface area (Å²) in [7, 11) is 0. The molecular weight excluding hydrogens is 266 g/mol. The van der Waals surface area contributed by atoms with E-state index in [4.69, 9.17) is 0 Å². The molecule has 0 aliphatic carbocycles. The van der Waals surface area contributed by atoms with Gasteiger partial charge in [-0.05, 0) is 18.2 Å². The molecule has 0 spiro atoms. The average Bonchev–Trinajstić information content (AvgIpc) is 2.50. The van der Waals surface area contributed by atoms with Crippen molar-refractivity contribution in [1.29, 1.82) is 0 Å². The number of amides is 1. The summed E-state index contributed by atoms with van der Waals surface area (Å²) in [6.07, 6.45) is 0.457. The fourth-order valence-electron chi connectivity index (χ4n) is 2.59. The van der Waals surface area contributed by atoms with Crippen molar-refractivity contribution < 1.29 is 14.7 Å². The topological polar surface area (TPSA) is 57.6 Å². The number of phenolic OH excluding ortho intramolecular Hbond substituents is 1. The molecule has 0 atom stereocenters. The van der Waals surface area contributed by atoms with E-state index in [1.54, 1.807) is 47.4 Å². The predicted molar refractivity (Wildman–Crippen MR) is 79.6 cm³/mol. The summed E-state index contributed by atoms with van der Waals surface area (Å²) in [5.41, 5.74) is 1.85. The molecule has 0 fully saturated rings. The Bertz CT molecular complexity index is 709. The monoisotopic (exact) mass is 281 g/mol. The van der Waals surface area contributed by atoms with Crippen molar-refractivity contribution in [2.24, 2.45) is 0 Å². The van der Waals surface area contributed by atoms with Gasteiger partial charge in [-0.2, -0.15) is 0 Å². The second-order valence-electron chi connectivity index (χ2n) is 5.04. The highest BCUT2D eigenvalue weighted by atomic mass is 16.3. The maximum absolute atomic E-state index is 12.5. The molecule has 1 amide bonds. The van der Waals surface area contributed by atoms with Crippen LogP contribution in [0, 0.1) is 0 Å². The second-order valence-corrected chi connectivity index (χ2v) is 5.04. The third-order valence-corrected chi connectivity index (χ3v) is 3.69. The number of carbonyl (C=O) groups is 2. The maximum atomic E-state index is 12.5. The maximum Gasteiger partial charge on any atom is 0.231 e. The largest absolute Gasteiger partial charge is 0.508 e. The molecule has 4 heteroatoms. The first kappa shape index (κ1) is 13.4. The van der Waals surface area contributed by atoms with Crippen LogP contribution >= 0.6 is 0 Å². The van der Waals surface area contributed by atoms with E-state index in [9.17, 15) is 14.7 Å². The number of rotatable bonds is 2. The zero-order valence-electron chi connectivity index (χ0n) is 11.5. The number of fused-ring (bicyclic) bond motifs is 1. The van der Waals surface area contributed by atoms with Crippen LogP contribution in [-0.2, 0) is 11.2 Å². The summed E-state index contributed by atoms with van der Waals surface area (Å²) in [4.78, 5) is 26.0. The van der Waals surface area contributed by atoms with Crippen LogP contribution in [-0.4, -0.2) is 23.3 Å². The number of carbonyl (C=O) groups excluding carboxylic acids is 2. The molecule has 0 saturated heterocycles. The number of Topliss-reactive ketones (excluding diaryl/α,β-unsaturated/α-hetero) is 1. The number of benzene rings is 2. The average molecular weight is 281 g/mol. The Morgan fingerprint density at radius 1 is 1.10 bits per heavy atom. The Labute approximate surface area is 122 Å². The van der Waals surface area contributed by atoms with E-state index in [2.05, 4.69) is 0 Å². The summed E-state index contributed by atoms with van der Waals surface area (Å²) in [5.74, 6) is 0.0703. The zero-order valence-corrected chi connectivity index (χ0v) is 11.5. The SMILES string of the molecule is O=C1CCN(C(=O)Cc2ccccc2O)c2ccccc21. The summed E-state index contributed by atoms with van der Waals surface area (Å²) >= 11 is 0. The third kappa shape index (κ3) is 2.52. The van der Waals surface area contributed by atoms with Gasteiger partial charge in [0, 0.05) is 24.1 Å². The molecule has 0 saturated carbocycles. The van der Waals surface area contributed by atoms with Crippen LogP contribution in [0.5, 0.6) is 5.75 Å². The summed E-state index contributed by atoms with van der Waals surface area (Å²) in [6.45, 7) is 0.391. The Hall–Kier alpha value is -2.62. The molecule has 2 aromatic carbocycles. The lowest BCUT2D eigenvalue weighted by Crippen LogP contribution is -2.38. The number of ketones is 1. The van der Waals surface area contributed by atoms with Crippen molar-refractivity contribution in [3.63, 3.8) is 0 Å². The molecule has 1 N–H and O–H groups in total. The van der Waals surface area contributed by atoms with E-state index in [0.29, 0.717) is 29.8 Å². The first-order valence-electron chi connectivity index (χ1n) is 6.86. The number of anilines is 1. The van der Waals surface area contributed by atoms with E-state index in [-0.39, 0.29) is 23.9 Å². The van der Waals surface area contributed by atoms with E-state index < -0.39 is 0 Å². The first-order chi connectivity index (χ1) is 10.2. The Morgan fingerprint density at radius 2 is 1.81 bits per heavy atom. The van der Waals surface area contributed by atoms with Crippen LogP contribution in [0.25, 0.3) is 0 Å². The van der Waals surface area contributed by atoms with Crippen LogP contribution in [0.3, 0.4) is 0 Å². The van der Waals surface area contributed by atoms with E-state index in [1.807, 2.05) is 6.07 Å². The van der Waals surface area contributed by atoms with Crippen LogP contribution in [0.4, 0.5) is 5.69 Å². The first-order valence-corrected chi connectivity index (χ1v) is 6.86. The van der Waals surface area contributed by atoms with Crippen LogP contribution in [0.2, 0.25) is 0 Å². The molecule has 0 unspecified atom stereocenters. The quantitative estimate of drug-likeness (QED) is 0.920. The zero-order chi connectivity index (χ0) is 14.8. The summed E-state index contributed by atoms with van der Waals surface area (Å²) < 4.78 is 0. The molecule has 1 heterocycles. The van der Waals surface area contributed by atoms with Gasteiger partial charge < -0.3 is 10.0 Å². The standard InChI is InChI=1S/C17H15NO3/c19-15-8-4-1-5-12(15)11-17(21)18-10-9-16(20)13-6-2-3-7-14(13)18/h1-8,19H,9-11H2. The highest BCUT2D eigenvalue weighted by Crippen LogP contribution is 2.28. The molecule has 3 rings (SSSR count). The highest BCUT2D eigenvalue weighted by Gasteiger charge is 2.27. The van der Waals surface area contributed by atoms with E-state index >= 15 is 0 Å². The molecule has 0 bridgehead atoms. The number of phenols is 1. The van der Waals surface area contributed by atoms with Crippen molar-refractivity contribution in [1.82, 2.24) is 0 Å². The van der Waals surface area contributed by atoms with Crippen molar-refractivity contribution in [3.8, 4) is 5.75 Å². The second kappa shape index (κ2) is 5.40. The lowest BCUT2D eigenvalue weighted by atomic mass is 9.99. The van der Waals surface area contributed by atoms with E-state index in [1.165, 1.54) is 0 Å². The van der Waals surface area contributed by atoms with Crippen molar-refractivity contribution >= 4 is 17.4 Å². The Kier molecular flexibility index (Phi) is 3.44. The summed E-state index contributed by atoms with van der Waals surface area (Å²) in [5, 5.41) is 9.77. The van der Waals surface area contributed by atoms with E-state index in [0.717, 1.165) is 0 Å². The molecule has 1 aliphatic heterocycles. The van der Waals surface area contributed by atoms with Gasteiger partial charge in [0.1, 0.15) is 5.75 Å². The highest BCUT2D eigenvalue weighted by molar-refractivity contribution is 6.09. The molecular formula is C17H15NO3. The van der Waals surface area contributed by atoms with Gasteiger partial charge in [0.25, 0.3) is 0 Å². The Balaban J connectivity index is 1.88. The number of hydrogen-bond acceptors (Lipinski definition) is 3. The molecule has 0 radical (unpaired) electrons. The fourth-order valence-corrected chi connectivity index (χ4v) is 2.59. The van der Waals surface area contributed by atoms with Gasteiger partial charge in [-0.1, -0.05) is 30.3 Å². The van der Waals surface area contributed by atoms with Gasteiger partial charge in [-0.15, -0.1) is 0 Å². The molecule has 1 aliphatic rings. The number of para-hydroxylation sites is 2. The van der Waals surface area contributed by atoms with Crippen molar-refractivity contribution in [2.75, 3.05) is 11.4 Å². The minimum absolute atomic E-state index is 0.0669. The van der Waals surface area contributed by atoms with Gasteiger partial charge in [0.05, 0.1) is 12.1 Å². The minimum atomic E-state index is -0.114. The Morgan fingerprint density at radius 3 is 2.62 bits per heavy atom. The van der Waals surface area contributed by atoms with Gasteiger partial charge in [-0.25, -0.2) is 0 Å². The molecule has 106 valence electrons. The third-order valence-electron chi connectivity index (χ3n) is 3.69. The molecule has 4 nitrogen and oxygen atoms in total. The number of hydrogen-bond donors (Lipinski definition) is 1. The smallest absolute Gasteiger partial charge is 0.231 e. The van der Waals surface area contributed by atoms with Gasteiger partial charge in [-0.3, -0.25) is 9.59 Å². The van der Waals surface area contributed by atoms with Crippen molar-refractivity contribution in [3.05, 3.63) is 59.7 Å². The van der Waals surface area contributed by atoms with Crippen LogP contribution in [0.1, 0.15) is 22.3 Å². The molecule has 2 aromatic rings. The fraction of sp³-hybridized carbons (Fsp3) is 0.176.